The second-order valence-electron chi connectivity index (χ2n) is 3.01. The highest BCUT2D eigenvalue weighted by Crippen LogP contribution is 2.36. The maximum atomic E-state index is 13.1. The van der Waals surface area contributed by atoms with Crippen LogP contribution >= 0.6 is 0 Å². The van der Waals surface area contributed by atoms with E-state index in [1.807, 2.05) is 0 Å². The van der Waals surface area contributed by atoms with Crippen LogP contribution in [0.5, 0.6) is 0 Å². The summed E-state index contributed by atoms with van der Waals surface area (Å²) in [6, 6.07) is 2.53. The molecule has 0 unspecified atom stereocenters. The summed E-state index contributed by atoms with van der Waals surface area (Å²) >= 11 is 0. The lowest BCUT2D eigenvalue weighted by Crippen LogP contribution is -2.14. The first-order valence-electron chi connectivity index (χ1n) is 4.18. The van der Waals surface area contributed by atoms with E-state index in [1.54, 1.807) is 0 Å². The number of nitrogens with zero attached hydrogens (tertiary/aromatic N) is 2. The van der Waals surface area contributed by atoms with E-state index in [4.69, 9.17) is 10.5 Å². The first kappa shape index (κ1) is 12.9. The van der Waals surface area contributed by atoms with Gasteiger partial charge >= 0.3 is 6.18 Å². The van der Waals surface area contributed by atoms with Gasteiger partial charge in [0.1, 0.15) is 17.7 Å². The maximum Gasteiger partial charge on any atom is 0.419 e. The van der Waals surface area contributed by atoms with Crippen LogP contribution in [0, 0.1) is 34.3 Å². The molecule has 88 valence electrons. The molecule has 0 heterocycles. The van der Waals surface area contributed by atoms with Gasteiger partial charge in [-0.3, -0.25) is 0 Å². The molecule has 0 amide bonds. The van der Waals surface area contributed by atoms with Gasteiger partial charge in [0.15, 0.2) is 0 Å². The minimum Gasteiger partial charge on any atom is -0.206 e. The Morgan fingerprint density at radius 1 is 1.12 bits per heavy atom. The third-order valence-corrected chi connectivity index (χ3v) is 1.99. The molecule has 0 aliphatic heterocycles. The van der Waals surface area contributed by atoms with Gasteiger partial charge in [0.05, 0.1) is 23.6 Å². The van der Waals surface area contributed by atoms with E-state index in [0.717, 1.165) is 0 Å². The molecule has 1 aromatic carbocycles. The average Bonchev–Trinajstić information content (AvgIpc) is 2.15. The van der Waals surface area contributed by atoms with Crippen LogP contribution in [0.25, 0.3) is 0 Å². The first-order valence-corrected chi connectivity index (χ1v) is 4.18. The number of nitriles is 2. The molecule has 0 spiro atoms. The van der Waals surface area contributed by atoms with E-state index in [-0.39, 0.29) is 6.07 Å². The number of rotatable bonds is 1. The van der Waals surface area contributed by atoms with Gasteiger partial charge in [0, 0.05) is 11.6 Å². The smallest absolute Gasteiger partial charge is 0.206 e. The fourth-order valence-corrected chi connectivity index (χ4v) is 1.35. The van der Waals surface area contributed by atoms with Gasteiger partial charge in [-0.05, 0) is 0 Å². The van der Waals surface area contributed by atoms with E-state index in [1.165, 1.54) is 12.1 Å². The van der Waals surface area contributed by atoms with Gasteiger partial charge in [-0.1, -0.05) is 0 Å². The molecule has 0 fully saturated rings. The third-order valence-electron chi connectivity index (χ3n) is 1.99. The normalized spacial score (nSPS) is 10.8. The quantitative estimate of drug-likeness (QED) is 0.715. The topological polar surface area (TPSA) is 47.6 Å². The van der Waals surface area contributed by atoms with Crippen LogP contribution in [0.15, 0.2) is 6.07 Å². The van der Waals surface area contributed by atoms with E-state index in [0.29, 0.717) is 0 Å². The lowest BCUT2D eigenvalue weighted by atomic mass is 9.97. The van der Waals surface area contributed by atoms with E-state index in [9.17, 15) is 22.0 Å². The Kier molecular flexibility index (Phi) is 3.33. The standard InChI is InChI=1S/C10H3F5N2/c11-7-3-8(12)9(10(13,14)15)5(1-2-16)6(7)4-17/h3H,1H2. The number of hydrogen-bond acceptors (Lipinski definition) is 2. The summed E-state index contributed by atoms with van der Waals surface area (Å²) in [5, 5.41) is 16.9. The van der Waals surface area contributed by atoms with Crippen molar-refractivity contribution in [2.45, 2.75) is 12.6 Å². The number of alkyl halides is 3. The van der Waals surface area contributed by atoms with Crippen molar-refractivity contribution in [3.05, 3.63) is 34.4 Å². The molecular weight excluding hydrogens is 243 g/mol. The number of hydrogen-bond donors (Lipinski definition) is 0. The molecule has 0 saturated carbocycles. The zero-order chi connectivity index (χ0) is 13.2. The molecule has 0 N–H and O–H groups in total. The summed E-state index contributed by atoms with van der Waals surface area (Å²) in [5.74, 6) is -3.25. The lowest BCUT2D eigenvalue weighted by molar-refractivity contribution is -0.140. The zero-order valence-corrected chi connectivity index (χ0v) is 8.07. The summed E-state index contributed by atoms with van der Waals surface area (Å²) in [5.41, 5.74) is -3.70. The van der Waals surface area contributed by atoms with Gasteiger partial charge in [0.2, 0.25) is 0 Å². The van der Waals surface area contributed by atoms with Crippen molar-refractivity contribution < 1.29 is 22.0 Å². The van der Waals surface area contributed by atoms with Gasteiger partial charge in [-0.2, -0.15) is 23.7 Å². The van der Waals surface area contributed by atoms with E-state index < -0.39 is 40.9 Å². The van der Waals surface area contributed by atoms with Crippen LogP contribution in [0.3, 0.4) is 0 Å². The molecule has 7 heteroatoms. The Labute approximate surface area is 92.5 Å². The van der Waals surface area contributed by atoms with Crippen molar-refractivity contribution in [2.75, 3.05) is 0 Å². The molecule has 0 atom stereocenters. The van der Waals surface area contributed by atoms with Crippen LogP contribution in [-0.4, -0.2) is 0 Å². The molecule has 2 nitrogen and oxygen atoms in total. The van der Waals surface area contributed by atoms with Gasteiger partial charge < -0.3 is 0 Å². The first-order chi connectivity index (χ1) is 7.82. The van der Waals surface area contributed by atoms with Gasteiger partial charge in [-0.15, -0.1) is 0 Å². The molecule has 1 rings (SSSR count). The summed E-state index contributed by atoms with van der Waals surface area (Å²) in [6.07, 6.45) is -5.98. The molecular formula is C10H3F5N2. The molecule has 0 aromatic heterocycles. The fraction of sp³-hybridized carbons (Fsp3) is 0.200. The predicted octanol–water partition coefficient (Wildman–Crippen LogP) is 2.92. The summed E-state index contributed by atoms with van der Waals surface area (Å²) < 4.78 is 63.6. The van der Waals surface area contributed by atoms with Crippen molar-refractivity contribution in [1.29, 1.82) is 10.5 Å². The van der Waals surface area contributed by atoms with E-state index >= 15 is 0 Å². The predicted molar refractivity (Wildman–Crippen MR) is 45.4 cm³/mol. The van der Waals surface area contributed by atoms with Crippen LogP contribution in [-0.2, 0) is 12.6 Å². The zero-order valence-electron chi connectivity index (χ0n) is 8.07. The molecule has 1 aromatic rings. The highest BCUT2D eigenvalue weighted by molar-refractivity contribution is 5.47. The lowest BCUT2D eigenvalue weighted by Gasteiger charge is -2.13. The monoisotopic (exact) mass is 246 g/mol. The highest BCUT2D eigenvalue weighted by Gasteiger charge is 2.38. The second-order valence-corrected chi connectivity index (χ2v) is 3.01. The van der Waals surface area contributed by atoms with Gasteiger partial charge in [0.25, 0.3) is 0 Å². The molecule has 17 heavy (non-hydrogen) atoms. The van der Waals surface area contributed by atoms with Crippen LogP contribution < -0.4 is 0 Å². The summed E-state index contributed by atoms with van der Waals surface area (Å²) in [7, 11) is 0. The molecule has 0 bridgehead atoms. The minimum absolute atomic E-state index is 0.0117. The Bertz CT molecular complexity index is 534. The largest absolute Gasteiger partial charge is 0.419 e. The van der Waals surface area contributed by atoms with E-state index in [2.05, 4.69) is 0 Å². The summed E-state index contributed by atoms with van der Waals surface area (Å²) in [6.45, 7) is 0. The van der Waals surface area contributed by atoms with Crippen molar-refractivity contribution >= 4 is 0 Å². The van der Waals surface area contributed by atoms with Crippen LogP contribution in [0.2, 0.25) is 0 Å². The maximum absolute atomic E-state index is 13.1. The van der Waals surface area contributed by atoms with Crippen molar-refractivity contribution in [3.63, 3.8) is 0 Å². The Hall–Kier alpha value is -2.15. The van der Waals surface area contributed by atoms with Crippen LogP contribution in [0.1, 0.15) is 16.7 Å². The second kappa shape index (κ2) is 4.38. The molecule has 0 radical (unpaired) electrons. The van der Waals surface area contributed by atoms with Crippen molar-refractivity contribution in [3.8, 4) is 12.1 Å². The van der Waals surface area contributed by atoms with Crippen LogP contribution in [0.4, 0.5) is 22.0 Å². The Morgan fingerprint density at radius 2 is 1.71 bits per heavy atom. The molecule has 0 aliphatic rings. The molecule has 0 saturated heterocycles. The Balaban J connectivity index is 3.71. The highest BCUT2D eigenvalue weighted by atomic mass is 19.4. The van der Waals surface area contributed by atoms with Crippen molar-refractivity contribution in [1.82, 2.24) is 0 Å². The minimum atomic E-state index is -5.09. The fourth-order valence-electron chi connectivity index (χ4n) is 1.35. The average molecular weight is 246 g/mol. The number of halogens is 5. The van der Waals surface area contributed by atoms with Crippen molar-refractivity contribution in [2.24, 2.45) is 0 Å². The SMILES string of the molecule is N#CCc1c(C#N)c(F)cc(F)c1C(F)(F)F. The molecule has 0 aliphatic carbocycles. The Morgan fingerprint density at radius 3 is 2.12 bits per heavy atom. The van der Waals surface area contributed by atoms with Gasteiger partial charge in [-0.25, -0.2) is 8.78 Å². The third kappa shape index (κ3) is 2.34. The number of benzene rings is 1. The summed E-state index contributed by atoms with van der Waals surface area (Å²) in [4.78, 5) is 0.